The number of aromatic nitrogens is 4. The summed E-state index contributed by atoms with van der Waals surface area (Å²) in [5.41, 5.74) is 2.32. The van der Waals surface area contributed by atoms with Gasteiger partial charge in [0.25, 0.3) is 0 Å². The Hall–Kier alpha value is -3.01. The maximum absolute atomic E-state index is 12.4. The third-order valence-corrected chi connectivity index (χ3v) is 6.45. The van der Waals surface area contributed by atoms with E-state index in [9.17, 15) is 8.42 Å². The average molecular weight is 458 g/mol. The molecule has 31 heavy (non-hydrogen) atoms. The SMILES string of the molecule is CCc1ccc(S(=O)(=O)NCCOc2ccc3nnc(-c4ccccc4Cl)n3n2)cc1. The van der Waals surface area contributed by atoms with Gasteiger partial charge in [0.1, 0.15) is 6.61 Å². The Morgan fingerprint density at radius 3 is 2.55 bits per heavy atom. The normalized spacial score (nSPS) is 11.7. The highest BCUT2D eigenvalue weighted by Crippen LogP contribution is 2.26. The monoisotopic (exact) mass is 457 g/mol. The molecule has 0 aliphatic carbocycles. The van der Waals surface area contributed by atoms with Crippen LogP contribution in [0.15, 0.2) is 65.6 Å². The van der Waals surface area contributed by atoms with E-state index in [-0.39, 0.29) is 18.0 Å². The van der Waals surface area contributed by atoms with Gasteiger partial charge in [-0.3, -0.25) is 0 Å². The number of benzene rings is 2. The number of aryl methyl sites for hydroxylation is 1. The summed E-state index contributed by atoms with van der Waals surface area (Å²) in [6.07, 6.45) is 0.851. The van der Waals surface area contributed by atoms with Crippen molar-refractivity contribution in [3.05, 3.63) is 71.2 Å². The van der Waals surface area contributed by atoms with E-state index in [0.717, 1.165) is 12.0 Å². The number of nitrogens with zero attached hydrogens (tertiary/aromatic N) is 4. The van der Waals surface area contributed by atoms with Gasteiger partial charge in [0, 0.05) is 18.2 Å². The van der Waals surface area contributed by atoms with Crippen molar-refractivity contribution in [3.63, 3.8) is 0 Å². The number of hydrogen-bond donors (Lipinski definition) is 1. The van der Waals surface area contributed by atoms with Crippen LogP contribution in [0, 0.1) is 0 Å². The van der Waals surface area contributed by atoms with Crippen molar-refractivity contribution in [2.75, 3.05) is 13.2 Å². The summed E-state index contributed by atoms with van der Waals surface area (Å²) in [7, 11) is -3.60. The average Bonchev–Trinajstić information content (AvgIpc) is 3.20. The minimum Gasteiger partial charge on any atom is -0.475 e. The molecule has 2 heterocycles. The Morgan fingerprint density at radius 1 is 1.03 bits per heavy atom. The van der Waals surface area contributed by atoms with E-state index < -0.39 is 10.0 Å². The summed E-state index contributed by atoms with van der Waals surface area (Å²) >= 11 is 6.26. The highest BCUT2D eigenvalue weighted by Gasteiger charge is 2.15. The Morgan fingerprint density at radius 2 is 1.81 bits per heavy atom. The van der Waals surface area contributed by atoms with Gasteiger partial charge in [-0.1, -0.05) is 42.8 Å². The highest BCUT2D eigenvalue weighted by atomic mass is 35.5. The van der Waals surface area contributed by atoms with Crippen molar-refractivity contribution >= 4 is 27.3 Å². The van der Waals surface area contributed by atoms with Gasteiger partial charge in [0.2, 0.25) is 15.9 Å². The van der Waals surface area contributed by atoms with Gasteiger partial charge in [-0.2, -0.15) is 4.52 Å². The highest BCUT2D eigenvalue weighted by molar-refractivity contribution is 7.89. The molecule has 0 aliphatic rings. The molecule has 10 heteroatoms. The van der Waals surface area contributed by atoms with E-state index in [2.05, 4.69) is 20.0 Å². The van der Waals surface area contributed by atoms with Crippen LogP contribution in [0.4, 0.5) is 0 Å². The van der Waals surface area contributed by atoms with Crippen LogP contribution in [-0.4, -0.2) is 41.4 Å². The molecule has 0 bridgehead atoms. The van der Waals surface area contributed by atoms with Crippen LogP contribution in [0.25, 0.3) is 17.0 Å². The molecule has 0 saturated carbocycles. The Labute approximate surface area is 184 Å². The maximum Gasteiger partial charge on any atom is 0.240 e. The molecule has 0 fully saturated rings. The zero-order valence-electron chi connectivity index (χ0n) is 16.7. The van der Waals surface area contributed by atoms with Gasteiger partial charge in [-0.25, -0.2) is 13.1 Å². The number of ether oxygens (including phenoxy) is 1. The van der Waals surface area contributed by atoms with Gasteiger partial charge in [0.15, 0.2) is 11.5 Å². The summed E-state index contributed by atoms with van der Waals surface area (Å²) in [6, 6.07) is 17.4. The van der Waals surface area contributed by atoms with Crippen molar-refractivity contribution in [2.45, 2.75) is 18.2 Å². The van der Waals surface area contributed by atoms with Crippen LogP contribution in [0.3, 0.4) is 0 Å². The van der Waals surface area contributed by atoms with Crippen LogP contribution in [0.5, 0.6) is 5.88 Å². The molecular formula is C21H20ClN5O3S. The van der Waals surface area contributed by atoms with E-state index in [4.69, 9.17) is 16.3 Å². The number of hydrogen-bond acceptors (Lipinski definition) is 6. The quantitative estimate of drug-likeness (QED) is 0.407. The summed E-state index contributed by atoms with van der Waals surface area (Å²) in [6.45, 7) is 2.22. The molecule has 0 aliphatic heterocycles. The second-order valence-corrected chi connectivity index (χ2v) is 8.86. The lowest BCUT2D eigenvalue weighted by Gasteiger charge is -2.09. The fourth-order valence-corrected chi connectivity index (χ4v) is 4.21. The molecule has 0 spiro atoms. The van der Waals surface area contributed by atoms with E-state index in [1.807, 2.05) is 25.1 Å². The molecule has 4 rings (SSSR count). The summed E-state index contributed by atoms with van der Waals surface area (Å²) in [5.74, 6) is 0.800. The fraction of sp³-hybridized carbons (Fsp3) is 0.190. The minimum absolute atomic E-state index is 0.0944. The fourth-order valence-electron chi connectivity index (χ4n) is 2.98. The van der Waals surface area contributed by atoms with Gasteiger partial charge >= 0.3 is 0 Å². The van der Waals surface area contributed by atoms with E-state index in [1.54, 1.807) is 42.5 Å². The second-order valence-electron chi connectivity index (χ2n) is 6.69. The summed E-state index contributed by atoms with van der Waals surface area (Å²) in [5, 5.41) is 13.2. The van der Waals surface area contributed by atoms with Crippen molar-refractivity contribution in [1.29, 1.82) is 0 Å². The van der Waals surface area contributed by atoms with Crippen molar-refractivity contribution in [3.8, 4) is 17.3 Å². The first-order chi connectivity index (χ1) is 15.0. The number of rotatable bonds is 8. The molecule has 0 unspecified atom stereocenters. The molecular weight excluding hydrogens is 438 g/mol. The van der Waals surface area contributed by atoms with Gasteiger partial charge in [-0.15, -0.1) is 15.3 Å². The molecule has 2 aromatic carbocycles. The molecule has 160 valence electrons. The molecule has 4 aromatic rings. The van der Waals surface area contributed by atoms with Gasteiger partial charge < -0.3 is 4.74 Å². The lowest BCUT2D eigenvalue weighted by Crippen LogP contribution is -2.28. The summed E-state index contributed by atoms with van der Waals surface area (Å²) < 4.78 is 34.5. The zero-order chi connectivity index (χ0) is 21.8. The first-order valence-electron chi connectivity index (χ1n) is 9.67. The Balaban J connectivity index is 1.42. The number of fused-ring (bicyclic) bond motifs is 1. The molecule has 0 radical (unpaired) electrons. The maximum atomic E-state index is 12.4. The van der Waals surface area contributed by atoms with Gasteiger partial charge in [-0.05, 0) is 42.3 Å². The van der Waals surface area contributed by atoms with E-state index in [1.165, 1.54) is 4.52 Å². The third kappa shape index (κ3) is 4.68. The second kappa shape index (κ2) is 9.01. The molecule has 1 N–H and O–H groups in total. The predicted molar refractivity (Wildman–Crippen MR) is 118 cm³/mol. The van der Waals surface area contributed by atoms with Gasteiger partial charge in [0.05, 0.1) is 9.92 Å². The Kier molecular flexibility index (Phi) is 6.17. The van der Waals surface area contributed by atoms with Crippen molar-refractivity contribution < 1.29 is 13.2 Å². The standard InChI is InChI=1S/C21H20ClN5O3S/c1-2-15-7-9-16(10-8-15)31(28,29)23-13-14-30-20-12-11-19-24-25-21(27(19)26-20)17-5-3-4-6-18(17)22/h3-12,23H,2,13-14H2,1H3. The molecule has 0 amide bonds. The smallest absolute Gasteiger partial charge is 0.240 e. The molecule has 0 atom stereocenters. The first kappa shape index (κ1) is 21.2. The van der Waals surface area contributed by atoms with E-state index in [0.29, 0.717) is 27.9 Å². The minimum atomic E-state index is -3.60. The number of sulfonamides is 1. The lowest BCUT2D eigenvalue weighted by atomic mass is 10.2. The molecule has 8 nitrogen and oxygen atoms in total. The first-order valence-corrected chi connectivity index (χ1v) is 11.5. The zero-order valence-corrected chi connectivity index (χ0v) is 18.3. The van der Waals surface area contributed by atoms with Crippen molar-refractivity contribution in [1.82, 2.24) is 24.5 Å². The van der Waals surface area contributed by atoms with Crippen LogP contribution in [-0.2, 0) is 16.4 Å². The molecule has 0 saturated heterocycles. The Bertz CT molecular complexity index is 1310. The topological polar surface area (TPSA) is 98.5 Å². The predicted octanol–water partition coefficient (Wildman–Crippen LogP) is 3.36. The van der Waals surface area contributed by atoms with E-state index >= 15 is 0 Å². The number of halogens is 1. The number of nitrogens with one attached hydrogen (secondary N) is 1. The third-order valence-electron chi connectivity index (χ3n) is 4.64. The summed E-state index contributed by atoms with van der Waals surface area (Å²) in [4.78, 5) is 0.220. The lowest BCUT2D eigenvalue weighted by molar-refractivity contribution is 0.306. The van der Waals surface area contributed by atoms with Crippen LogP contribution in [0.2, 0.25) is 5.02 Å². The molecule has 2 aromatic heterocycles. The largest absolute Gasteiger partial charge is 0.475 e. The van der Waals surface area contributed by atoms with Crippen molar-refractivity contribution in [2.24, 2.45) is 0 Å². The van der Waals surface area contributed by atoms with Crippen LogP contribution in [0.1, 0.15) is 12.5 Å². The van der Waals surface area contributed by atoms with Crippen LogP contribution < -0.4 is 9.46 Å². The van der Waals surface area contributed by atoms with Crippen LogP contribution >= 0.6 is 11.6 Å².